The molecular weight excluding hydrogens is 474 g/mol. The number of fused-ring (bicyclic) bond motifs is 1. The van der Waals surface area contributed by atoms with Gasteiger partial charge in [-0.1, -0.05) is 6.92 Å². The summed E-state index contributed by atoms with van der Waals surface area (Å²) in [6.45, 7) is 3.15. The quantitative estimate of drug-likeness (QED) is 0.601. The Morgan fingerprint density at radius 1 is 1.18 bits per heavy atom. The third-order valence-corrected chi connectivity index (χ3v) is 9.51. The van der Waals surface area contributed by atoms with Crippen molar-refractivity contribution >= 4 is 38.2 Å². The van der Waals surface area contributed by atoms with E-state index in [4.69, 9.17) is 4.74 Å². The highest BCUT2D eigenvalue weighted by molar-refractivity contribution is 7.89. The molecule has 0 bridgehead atoms. The van der Waals surface area contributed by atoms with Gasteiger partial charge < -0.3 is 15.4 Å². The summed E-state index contributed by atoms with van der Waals surface area (Å²) >= 11 is 1.45. The van der Waals surface area contributed by atoms with Crippen molar-refractivity contribution in [3.8, 4) is 0 Å². The van der Waals surface area contributed by atoms with Crippen LogP contribution in [0.3, 0.4) is 0 Å². The van der Waals surface area contributed by atoms with Crippen LogP contribution in [0, 0.1) is 5.92 Å². The van der Waals surface area contributed by atoms with Crippen molar-refractivity contribution in [2.75, 3.05) is 32.6 Å². The Bertz CT molecular complexity index is 1170. The van der Waals surface area contributed by atoms with Gasteiger partial charge in [-0.15, -0.1) is 11.3 Å². The molecule has 1 aromatic heterocycles. The molecule has 34 heavy (non-hydrogen) atoms. The van der Waals surface area contributed by atoms with E-state index in [0.717, 1.165) is 42.5 Å². The maximum Gasteiger partial charge on any atom is 0.256 e. The largest absolute Gasteiger partial charge is 0.377 e. The second-order valence-electron chi connectivity index (χ2n) is 9.03. The first-order valence-corrected chi connectivity index (χ1v) is 13.8. The van der Waals surface area contributed by atoms with Crippen LogP contribution in [-0.4, -0.2) is 57.9 Å². The van der Waals surface area contributed by atoms with Crippen molar-refractivity contribution in [3.63, 3.8) is 0 Å². The number of sulfonamides is 1. The number of hydrogen-bond donors (Lipinski definition) is 2. The first kappa shape index (κ1) is 24.8. The van der Waals surface area contributed by atoms with Crippen molar-refractivity contribution in [2.24, 2.45) is 5.92 Å². The van der Waals surface area contributed by atoms with Gasteiger partial charge in [-0.05, 0) is 67.9 Å². The molecule has 2 unspecified atom stereocenters. The topological polar surface area (TPSA) is 105 Å². The maximum absolute atomic E-state index is 13.0. The lowest BCUT2D eigenvalue weighted by Crippen LogP contribution is -2.34. The molecule has 2 heterocycles. The highest BCUT2D eigenvalue weighted by atomic mass is 32.2. The van der Waals surface area contributed by atoms with E-state index in [9.17, 15) is 18.0 Å². The predicted molar refractivity (Wildman–Crippen MR) is 132 cm³/mol. The second kappa shape index (κ2) is 10.2. The fourth-order valence-electron chi connectivity index (χ4n) is 4.51. The normalized spacial score (nSPS) is 20.2. The number of hydrogen-bond acceptors (Lipinski definition) is 6. The summed E-state index contributed by atoms with van der Waals surface area (Å²) in [5.41, 5.74) is 1.88. The molecule has 2 aliphatic rings. The van der Waals surface area contributed by atoms with Crippen LogP contribution in [0.1, 0.15) is 57.3 Å². The SMILES string of the molecule is CNC(=O)c1c(NC(=O)c2ccc(S(=O)(=O)N(C)CC3CCCO3)cc2)sc2c1CCC(C)C2. The summed E-state index contributed by atoms with van der Waals surface area (Å²) in [7, 11) is -0.565. The van der Waals surface area contributed by atoms with Crippen LogP contribution in [0.4, 0.5) is 5.00 Å². The number of rotatable bonds is 7. The third-order valence-electron chi connectivity index (χ3n) is 6.50. The van der Waals surface area contributed by atoms with Crippen LogP contribution in [-0.2, 0) is 27.6 Å². The first-order valence-electron chi connectivity index (χ1n) is 11.6. The van der Waals surface area contributed by atoms with Gasteiger partial charge in [0.15, 0.2) is 0 Å². The van der Waals surface area contributed by atoms with Crippen molar-refractivity contribution in [3.05, 3.63) is 45.8 Å². The van der Waals surface area contributed by atoms with E-state index < -0.39 is 10.0 Å². The Morgan fingerprint density at radius 3 is 2.56 bits per heavy atom. The van der Waals surface area contributed by atoms with Gasteiger partial charge in [0.25, 0.3) is 11.8 Å². The van der Waals surface area contributed by atoms with Crippen LogP contribution < -0.4 is 10.6 Å². The van der Waals surface area contributed by atoms with Crippen LogP contribution in [0.2, 0.25) is 0 Å². The monoisotopic (exact) mass is 505 g/mol. The fourth-order valence-corrected chi connectivity index (χ4v) is 7.12. The Labute approximate surface area is 204 Å². The first-order chi connectivity index (χ1) is 16.2. The number of benzene rings is 1. The molecule has 184 valence electrons. The fraction of sp³-hybridized carbons (Fsp3) is 0.500. The minimum Gasteiger partial charge on any atom is -0.377 e. The molecule has 1 saturated heterocycles. The molecule has 1 aliphatic carbocycles. The second-order valence-corrected chi connectivity index (χ2v) is 12.2. The summed E-state index contributed by atoms with van der Waals surface area (Å²) < 4.78 is 32.7. The van der Waals surface area contributed by atoms with Gasteiger partial charge in [0.1, 0.15) is 5.00 Å². The highest BCUT2D eigenvalue weighted by Crippen LogP contribution is 2.39. The van der Waals surface area contributed by atoms with Gasteiger partial charge in [-0.25, -0.2) is 8.42 Å². The van der Waals surface area contributed by atoms with Crippen molar-refractivity contribution in [1.82, 2.24) is 9.62 Å². The van der Waals surface area contributed by atoms with Gasteiger partial charge in [0.05, 0.1) is 16.6 Å². The van der Waals surface area contributed by atoms with Crippen LogP contribution in [0.25, 0.3) is 0 Å². The molecule has 10 heteroatoms. The number of thiophene rings is 1. The molecule has 1 aromatic carbocycles. The summed E-state index contributed by atoms with van der Waals surface area (Å²) in [6, 6.07) is 5.88. The molecule has 0 spiro atoms. The predicted octanol–water partition coefficient (Wildman–Crippen LogP) is 3.28. The van der Waals surface area contributed by atoms with Gasteiger partial charge >= 0.3 is 0 Å². The Kier molecular flexibility index (Phi) is 7.42. The van der Waals surface area contributed by atoms with Gasteiger partial charge in [-0.2, -0.15) is 4.31 Å². The van der Waals surface area contributed by atoms with Crippen molar-refractivity contribution < 1.29 is 22.7 Å². The van der Waals surface area contributed by atoms with Gasteiger partial charge in [-0.3, -0.25) is 9.59 Å². The maximum atomic E-state index is 13.0. The molecule has 0 radical (unpaired) electrons. The average Bonchev–Trinajstić information content (AvgIpc) is 3.45. The number of likely N-dealkylation sites (N-methyl/N-ethyl adjacent to an activating group) is 1. The van der Waals surface area contributed by atoms with Crippen molar-refractivity contribution in [1.29, 1.82) is 0 Å². The summed E-state index contributed by atoms with van der Waals surface area (Å²) in [5, 5.41) is 6.10. The lowest BCUT2D eigenvalue weighted by Gasteiger charge is -2.20. The van der Waals surface area contributed by atoms with E-state index in [-0.39, 0.29) is 22.8 Å². The van der Waals surface area contributed by atoms with E-state index in [2.05, 4.69) is 17.6 Å². The smallest absolute Gasteiger partial charge is 0.256 e. The minimum atomic E-state index is -3.69. The molecule has 4 rings (SSSR count). The number of amides is 2. The van der Waals surface area contributed by atoms with Crippen LogP contribution in [0.5, 0.6) is 0 Å². The van der Waals surface area contributed by atoms with E-state index in [0.29, 0.717) is 35.2 Å². The molecule has 0 saturated carbocycles. The number of nitrogens with one attached hydrogen (secondary N) is 2. The molecule has 2 aromatic rings. The van der Waals surface area contributed by atoms with Crippen LogP contribution >= 0.6 is 11.3 Å². The minimum absolute atomic E-state index is 0.0843. The Balaban J connectivity index is 1.51. The summed E-state index contributed by atoms with van der Waals surface area (Å²) in [5.74, 6) is -0.0494. The Hall–Kier alpha value is -2.27. The molecule has 2 amide bonds. The highest BCUT2D eigenvalue weighted by Gasteiger charge is 2.29. The zero-order valence-corrected chi connectivity index (χ0v) is 21.4. The molecular formula is C24H31N3O5S2. The molecule has 1 aliphatic heterocycles. The third kappa shape index (κ3) is 5.05. The van der Waals surface area contributed by atoms with E-state index >= 15 is 0 Å². The summed E-state index contributed by atoms with van der Waals surface area (Å²) in [4.78, 5) is 26.8. The van der Waals surface area contributed by atoms with Gasteiger partial charge in [0.2, 0.25) is 10.0 Å². The van der Waals surface area contributed by atoms with Gasteiger partial charge in [0, 0.05) is 37.7 Å². The molecule has 1 fully saturated rings. The lowest BCUT2D eigenvalue weighted by molar-refractivity contribution is 0.0962. The summed E-state index contributed by atoms with van der Waals surface area (Å²) in [6.07, 6.45) is 4.43. The number of nitrogens with zero attached hydrogens (tertiary/aromatic N) is 1. The number of ether oxygens (including phenoxy) is 1. The van der Waals surface area contributed by atoms with E-state index in [1.807, 2.05) is 0 Å². The number of carbonyl (C=O) groups is 2. The number of carbonyl (C=O) groups excluding carboxylic acids is 2. The Morgan fingerprint density at radius 2 is 1.91 bits per heavy atom. The lowest BCUT2D eigenvalue weighted by atomic mass is 9.88. The van der Waals surface area contributed by atoms with Crippen LogP contribution in [0.15, 0.2) is 29.2 Å². The average molecular weight is 506 g/mol. The van der Waals surface area contributed by atoms with E-state index in [1.165, 1.54) is 47.0 Å². The molecule has 2 atom stereocenters. The zero-order chi connectivity index (χ0) is 24.5. The van der Waals surface area contributed by atoms with E-state index in [1.54, 1.807) is 7.05 Å². The number of anilines is 1. The van der Waals surface area contributed by atoms with Crippen molar-refractivity contribution in [2.45, 2.75) is 50.0 Å². The molecule has 8 nitrogen and oxygen atoms in total. The standard InChI is InChI=1S/C24H31N3O5S2/c1-15-6-11-19-20(13-15)33-24(21(19)23(29)25-2)26-22(28)16-7-9-18(10-8-16)34(30,31)27(3)14-17-5-4-12-32-17/h7-10,15,17H,4-6,11-14H2,1-3H3,(H,25,29)(H,26,28). The zero-order valence-electron chi connectivity index (χ0n) is 19.7. The molecule has 2 N–H and O–H groups in total.